The van der Waals surface area contributed by atoms with Crippen LogP contribution in [0.4, 0.5) is 0 Å². The minimum absolute atomic E-state index is 0.142. The molecule has 114 valence electrons. The summed E-state index contributed by atoms with van der Waals surface area (Å²) in [5.41, 5.74) is 2.23. The Bertz CT molecular complexity index is 550. The maximum Gasteiger partial charge on any atom is 0.226 e. The molecular formula is C16H23N3O2. The zero-order valence-corrected chi connectivity index (χ0v) is 12.8. The van der Waals surface area contributed by atoms with Crippen molar-refractivity contribution in [2.75, 3.05) is 20.3 Å². The van der Waals surface area contributed by atoms with Crippen LogP contribution >= 0.6 is 0 Å². The van der Waals surface area contributed by atoms with E-state index >= 15 is 0 Å². The molecule has 0 radical (unpaired) electrons. The van der Waals surface area contributed by atoms with Crippen molar-refractivity contribution < 1.29 is 9.53 Å². The number of imidazole rings is 1. The summed E-state index contributed by atoms with van der Waals surface area (Å²) >= 11 is 0. The number of carbonyl (C=O) groups excluding carboxylic acids is 1. The average Bonchev–Trinajstić information content (AvgIpc) is 2.89. The van der Waals surface area contributed by atoms with Gasteiger partial charge in [0.2, 0.25) is 5.91 Å². The number of carbonyl (C=O) groups is 1. The molecule has 1 aliphatic heterocycles. The van der Waals surface area contributed by atoms with Crippen LogP contribution in [0.3, 0.4) is 0 Å². The van der Waals surface area contributed by atoms with Crippen LogP contribution in [0.2, 0.25) is 0 Å². The number of aryl methyl sites for hydroxylation is 1. The molecule has 0 aromatic carbocycles. The maximum absolute atomic E-state index is 12.7. The second-order valence-corrected chi connectivity index (χ2v) is 6.04. The van der Waals surface area contributed by atoms with Crippen molar-refractivity contribution >= 4 is 5.91 Å². The minimum atomic E-state index is 0.142. The monoisotopic (exact) mass is 289 g/mol. The quantitative estimate of drug-likeness (QED) is 0.798. The van der Waals surface area contributed by atoms with E-state index in [0.29, 0.717) is 13.2 Å². The summed E-state index contributed by atoms with van der Waals surface area (Å²) in [5, 5.41) is 0. The van der Waals surface area contributed by atoms with Gasteiger partial charge < -0.3 is 14.2 Å². The number of methoxy groups -OCH3 is 1. The Kier molecular flexibility index (Phi) is 4.10. The second kappa shape index (κ2) is 6.02. The van der Waals surface area contributed by atoms with Crippen LogP contribution in [0.15, 0.2) is 18.5 Å². The van der Waals surface area contributed by atoms with Crippen LogP contribution in [0.1, 0.15) is 36.6 Å². The lowest BCUT2D eigenvalue weighted by Crippen LogP contribution is -2.43. The van der Waals surface area contributed by atoms with E-state index in [1.807, 2.05) is 18.3 Å². The highest BCUT2D eigenvalue weighted by Gasteiger charge is 2.33. The number of ether oxygens (including phenoxy) is 1. The Balaban J connectivity index is 1.79. The van der Waals surface area contributed by atoms with Gasteiger partial charge in [-0.25, -0.2) is 4.98 Å². The number of aromatic nitrogens is 2. The van der Waals surface area contributed by atoms with E-state index in [0.717, 1.165) is 31.5 Å². The molecule has 1 amide bonds. The lowest BCUT2D eigenvalue weighted by atomic mass is 9.91. The van der Waals surface area contributed by atoms with Crippen molar-refractivity contribution in [3.63, 3.8) is 0 Å². The number of amides is 1. The number of allylic oxidation sites excluding steroid dienone is 2. The number of fused-ring (bicyclic) bond motifs is 1. The second-order valence-electron chi connectivity index (χ2n) is 6.04. The van der Waals surface area contributed by atoms with Crippen molar-refractivity contribution in [3.8, 4) is 0 Å². The molecule has 0 spiro atoms. The third-order valence-corrected chi connectivity index (χ3v) is 4.53. The zero-order chi connectivity index (χ0) is 14.8. The number of nitrogens with zero attached hydrogens (tertiary/aromatic N) is 3. The average molecular weight is 289 g/mol. The lowest BCUT2D eigenvalue weighted by molar-refractivity contribution is -0.137. The summed E-state index contributed by atoms with van der Waals surface area (Å²) in [6.07, 6.45) is 9.00. The molecule has 5 heteroatoms. The van der Waals surface area contributed by atoms with E-state index in [9.17, 15) is 4.79 Å². The third kappa shape index (κ3) is 2.75. The predicted octanol–water partition coefficient (Wildman–Crippen LogP) is 1.85. The molecule has 0 bridgehead atoms. The van der Waals surface area contributed by atoms with Gasteiger partial charge in [-0.1, -0.05) is 12.2 Å². The summed E-state index contributed by atoms with van der Waals surface area (Å²) in [6.45, 7) is 2.00. The molecule has 2 atom stereocenters. The van der Waals surface area contributed by atoms with Gasteiger partial charge in [-0.05, 0) is 19.3 Å². The van der Waals surface area contributed by atoms with Crippen molar-refractivity contribution in [2.45, 2.75) is 31.7 Å². The smallest absolute Gasteiger partial charge is 0.226 e. The van der Waals surface area contributed by atoms with Crippen molar-refractivity contribution in [3.05, 3.63) is 29.9 Å². The number of hydrogen-bond donors (Lipinski definition) is 0. The molecule has 0 saturated carbocycles. The van der Waals surface area contributed by atoms with E-state index in [4.69, 9.17) is 4.74 Å². The Morgan fingerprint density at radius 1 is 1.48 bits per heavy atom. The van der Waals surface area contributed by atoms with Gasteiger partial charge in [0.1, 0.15) is 0 Å². The highest BCUT2D eigenvalue weighted by molar-refractivity contribution is 5.79. The topological polar surface area (TPSA) is 47.4 Å². The molecule has 0 saturated heterocycles. The molecule has 2 aliphatic rings. The summed E-state index contributed by atoms with van der Waals surface area (Å²) in [6, 6.07) is 0. The molecule has 2 heterocycles. The highest BCUT2D eigenvalue weighted by Crippen LogP contribution is 2.30. The number of rotatable bonds is 3. The number of hydrogen-bond acceptors (Lipinski definition) is 3. The van der Waals surface area contributed by atoms with E-state index in [1.165, 1.54) is 5.69 Å². The van der Waals surface area contributed by atoms with Crippen molar-refractivity contribution in [1.82, 2.24) is 14.5 Å². The van der Waals surface area contributed by atoms with Gasteiger partial charge >= 0.3 is 0 Å². The van der Waals surface area contributed by atoms with Crippen LogP contribution < -0.4 is 0 Å². The van der Waals surface area contributed by atoms with E-state index in [-0.39, 0.29) is 17.7 Å². The molecule has 1 aromatic heterocycles. The largest absolute Gasteiger partial charge is 0.384 e. The fourth-order valence-corrected chi connectivity index (χ4v) is 3.51. The van der Waals surface area contributed by atoms with Gasteiger partial charge in [-0.15, -0.1) is 0 Å². The first-order chi connectivity index (χ1) is 10.2. The van der Waals surface area contributed by atoms with Crippen molar-refractivity contribution in [1.29, 1.82) is 0 Å². The maximum atomic E-state index is 12.7. The molecule has 0 unspecified atom stereocenters. The first-order valence-electron chi connectivity index (χ1n) is 7.63. The SMILES string of the molecule is COC[C@H]1CN(C(=O)[C@H]2CC=CCC2)Cc2ncn(C)c21. The summed E-state index contributed by atoms with van der Waals surface area (Å²) in [4.78, 5) is 19.2. The van der Waals surface area contributed by atoms with Crippen LogP contribution in [-0.4, -0.2) is 40.6 Å². The lowest BCUT2D eigenvalue weighted by Gasteiger charge is -2.35. The molecule has 3 rings (SSSR count). The predicted molar refractivity (Wildman–Crippen MR) is 79.7 cm³/mol. The molecule has 5 nitrogen and oxygen atoms in total. The molecule has 0 fully saturated rings. The molecule has 21 heavy (non-hydrogen) atoms. The standard InChI is InChI=1S/C16H23N3O2/c1-18-11-17-14-9-19(8-13(10-21-2)15(14)18)16(20)12-6-4-3-5-7-12/h3-4,11-13H,5-10H2,1-2H3/t12-,13+/m0/s1. The van der Waals surface area contributed by atoms with Gasteiger partial charge in [0, 0.05) is 38.2 Å². The highest BCUT2D eigenvalue weighted by atomic mass is 16.5. The first-order valence-corrected chi connectivity index (χ1v) is 7.63. The van der Waals surface area contributed by atoms with Gasteiger partial charge in [-0.3, -0.25) is 4.79 Å². The third-order valence-electron chi connectivity index (χ3n) is 4.53. The van der Waals surface area contributed by atoms with Crippen LogP contribution in [-0.2, 0) is 23.1 Å². The van der Waals surface area contributed by atoms with E-state index < -0.39 is 0 Å². The first kappa shape index (κ1) is 14.3. The fourth-order valence-electron chi connectivity index (χ4n) is 3.51. The Hall–Kier alpha value is -1.62. The summed E-state index contributed by atoms with van der Waals surface area (Å²) in [7, 11) is 3.72. The minimum Gasteiger partial charge on any atom is -0.384 e. The summed E-state index contributed by atoms with van der Waals surface area (Å²) in [5.74, 6) is 0.634. The Morgan fingerprint density at radius 3 is 3.05 bits per heavy atom. The van der Waals surface area contributed by atoms with Crippen LogP contribution in [0, 0.1) is 5.92 Å². The molecule has 0 N–H and O–H groups in total. The Labute approximate surface area is 125 Å². The van der Waals surface area contributed by atoms with E-state index in [2.05, 4.69) is 21.7 Å². The zero-order valence-electron chi connectivity index (χ0n) is 12.8. The summed E-state index contributed by atoms with van der Waals surface area (Å²) < 4.78 is 7.41. The molecule has 1 aliphatic carbocycles. The molecule has 1 aromatic rings. The molecular weight excluding hydrogens is 266 g/mol. The normalized spacial score (nSPS) is 25.0. The van der Waals surface area contributed by atoms with Gasteiger partial charge in [-0.2, -0.15) is 0 Å². The fraction of sp³-hybridized carbons (Fsp3) is 0.625. The van der Waals surface area contributed by atoms with Gasteiger partial charge in [0.05, 0.1) is 25.2 Å². The van der Waals surface area contributed by atoms with Crippen LogP contribution in [0.5, 0.6) is 0 Å². The van der Waals surface area contributed by atoms with E-state index in [1.54, 1.807) is 7.11 Å². The van der Waals surface area contributed by atoms with Gasteiger partial charge in [0.15, 0.2) is 0 Å². The van der Waals surface area contributed by atoms with Crippen molar-refractivity contribution in [2.24, 2.45) is 13.0 Å². The van der Waals surface area contributed by atoms with Crippen LogP contribution in [0.25, 0.3) is 0 Å². The Morgan fingerprint density at radius 2 is 2.33 bits per heavy atom. The van der Waals surface area contributed by atoms with Gasteiger partial charge in [0.25, 0.3) is 0 Å².